The largest absolute Gasteiger partial charge is 0.491 e. The Hall–Kier alpha value is -1.76. The Bertz CT molecular complexity index is 828. The number of carbonyl (C=O) groups excluding carboxylic acids is 1. The Labute approximate surface area is 167 Å². The minimum absolute atomic E-state index is 0.127. The molecule has 1 heterocycles. The van der Waals surface area contributed by atoms with Gasteiger partial charge in [-0.15, -0.1) is 0 Å². The van der Waals surface area contributed by atoms with Gasteiger partial charge in [-0.1, -0.05) is 23.9 Å². The third kappa shape index (κ3) is 4.99. The molecule has 28 heavy (non-hydrogen) atoms. The van der Waals surface area contributed by atoms with Gasteiger partial charge >= 0.3 is 13.3 Å². The molecule has 0 saturated carbocycles. The minimum atomic E-state index is -4.65. The van der Waals surface area contributed by atoms with Crippen molar-refractivity contribution in [3.8, 4) is 6.07 Å². The molecule has 1 saturated heterocycles. The van der Waals surface area contributed by atoms with E-state index in [1.807, 2.05) is 27.7 Å². The van der Waals surface area contributed by atoms with Crippen molar-refractivity contribution in [3.05, 3.63) is 40.4 Å². The van der Waals surface area contributed by atoms with E-state index in [1.165, 1.54) is 19.1 Å². The molecule has 0 atom stereocenters. The van der Waals surface area contributed by atoms with Crippen molar-refractivity contribution >= 4 is 30.1 Å². The molecule has 1 aliphatic rings. The number of benzene rings is 1. The normalized spacial score (nSPS) is 18.8. The molecule has 2 rings (SSSR count). The van der Waals surface area contributed by atoms with Gasteiger partial charge in [0.25, 0.3) is 0 Å². The highest BCUT2D eigenvalue weighted by Crippen LogP contribution is 2.40. The number of nitrogens with zero attached hydrogens (tertiary/aromatic N) is 1. The van der Waals surface area contributed by atoms with Crippen molar-refractivity contribution in [3.63, 3.8) is 0 Å². The Kier molecular flexibility index (Phi) is 6.39. The summed E-state index contributed by atoms with van der Waals surface area (Å²) >= 11 is 1.02. The summed E-state index contributed by atoms with van der Waals surface area (Å²) in [5, 5.41) is 8.81. The van der Waals surface area contributed by atoms with E-state index >= 15 is 0 Å². The van der Waals surface area contributed by atoms with E-state index < -0.39 is 35.6 Å². The number of hydrogen-bond donors (Lipinski definition) is 0. The molecule has 1 aromatic carbocycles. The molecule has 0 radical (unpaired) electrons. The van der Waals surface area contributed by atoms with Gasteiger partial charge in [0.2, 0.25) is 0 Å². The van der Waals surface area contributed by atoms with Gasteiger partial charge in [-0.2, -0.15) is 18.4 Å². The molecule has 0 spiro atoms. The summed E-state index contributed by atoms with van der Waals surface area (Å²) in [5.41, 5.74) is -1.91. The summed E-state index contributed by atoms with van der Waals surface area (Å²) in [7, 11) is -0.790. The van der Waals surface area contributed by atoms with Crippen molar-refractivity contribution in [2.45, 2.75) is 52.0 Å². The van der Waals surface area contributed by atoms with Crippen molar-refractivity contribution in [2.75, 3.05) is 5.75 Å². The SMILES string of the molecule is CC(=O)SCC(=Cc1ccc(C#N)c(C(F)(F)F)c1)B1OC(C)(C)C(C)(C)O1. The van der Waals surface area contributed by atoms with Crippen LogP contribution in [0.15, 0.2) is 23.7 Å². The Morgan fingerprint density at radius 3 is 2.29 bits per heavy atom. The number of rotatable bonds is 4. The smallest absolute Gasteiger partial charge is 0.400 e. The zero-order valence-electron chi connectivity index (χ0n) is 16.3. The minimum Gasteiger partial charge on any atom is -0.400 e. The molecule has 0 N–H and O–H groups in total. The van der Waals surface area contributed by atoms with Gasteiger partial charge in [0, 0.05) is 12.7 Å². The third-order valence-corrected chi connectivity index (χ3v) is 5.70. The Morgan fingerprint density at radius 1 is 1.25 bits per heavy atom. The van der Waals surface area contributed by atoms with Crippen molar-refractivity contribution in [1.29, 1.82) is 5.26 Å². The molecule has 150 valence electrons. The van der Waals surface area contributed by atoms with Gasteiger partial charge in [0.1, 0.15) is 0 Å². The fourth-order valence-electron chi connectivity index (χ4n) is 2.55. The fourth-order valence-corrected chi connectivity index (χ4v) is 3.14. The van der Waals surface area contributed by atoms with Gasteiger partial charge in [-0.05, 0) is 50.9 Å². The maximum absolute atomic E-state index is 13.2. The number of nitriles is 1. The van der Waals surface area contributed by atoms with Gasteiger partial charge in [0.05, 0.1) is 28.4 Å². The second-order valence-corrected chi connectivity index (χ2v) is 8.65. The van der Waals surface area contributed by atoms with Crippen LogP contribution in [0.25, 0.3) is 6.08 Å². The van der Waals surface area contributed by atoms with Crippen LogP contribution in [0.3, 0.4) is 0 Å². The Morgan fingerprint density at radius 2 is 1.82 bits per heavy atom. The van der Waals surface area contributed by atoms with E-state index in [0.717, 1.165) is 23.9 Å². The summed E-state index contributed by atoms with van der Waals surface area (Å²) in [6, 6.07) is 5.04. The Balaban J connectivity index is 2.46. The molecule has 0 amide bonds. The zero-order valence-corrected chi connectivity index (χ0v) is 17.1. The average Bonchev–Trinajstić information content (AvgIpc) is 2.78. The molecule has 0 aliphatic carbocycles. The lowest BCUT2D eigenvalue weighted by Gasteiger charge is -2.32. The van der Waals surface area contributed by atoms with Gasteiger partial charge in [0.15, 0.2) is 5.12 Å². The van der Waals surface area contributed by atoms with Crippen molar-refractivity contribution < 1.29 is 27.3 Å². The van der Waals surface area contributed by atoms with Gasteiger partial charge in [-0.25, -0.2) is 0 Å². The fraction of sp³-hybridized carbons (Fsp3) is 0.474. The first kappa shape index (κ1) is 22.5. The van der Waals surface area contributed by atoms with E-state index in [4.69, 9.17) is 14.6 Å². The van der Waals surface area contributed by atoms with E-state index in [1.54, 1.807) is 6.07 Å². The lowest BCUT2D eigenvalue weighted by Crippen LogP contribution is -2.41. The second kappa shape index (κ2) is 7.93. The average molecular weight is 411 g/mol. The lowest BCUT2D eigenvalue weighted by molar-refractivity contribution is -0.137. The first-order valence-corrected chi connectivity index (χ1v) is 9.56. The quantitative estimate of drug-likeness (QED) is 0.662. The van der Waals surface area contributed by atoms with Gasteiger partial charge < -0.3 is 9.31 Å². The highest BCUT2D eigenvalue weighted by molar-refractivity contribution is 8.13. The number of alkyl halides is 3. The van der Waals surface area contributed by atoms with Crippen LogP contribution in [0.5, 0.6) is 0 Å². The summed E-state index contributed by atoms with van der Waals surface area (Å²) < 4.78 is 51.7. The number of thioether (sulfide) groups is 1. The maximum atomic E-state index is 13.2. The van der Waals surface area contributed by atoms with Crippen LogP contribution >= 0.6 is 11.8 Å². The predicted octanol–water partition coefficient (Wildman–Crippen LogP) is 4.87. The monoisotopic (exact) mass is 411 g/mol. The van der Waals surface area contributed by atoms with Crippen LogP contribution in [0.1, 0.15) is 51.3 Å². The number of halogens is 3. The molecule has 1 fully saturated rings. The highest BCUT2D eigenvalue weighted by Gasteiger charge is 2.52. The summed E-state index contributed by atoms with van der Waals surface area (Å²) in [4.78, 5) is 11.4. The molecule has 9 heteroatoms. The van der Waals surface area contributed by atoms with Gasteiger partial charge in [-0.3, -0.25) is 4.79 Å². The van der Waals surface area contributed by atoms with E-state index in [9.17, 15) is 18.0 Å². The highest BCUT2D eigenvalue weighted by atomic mass is 32.2. The molecule has 0 unspecified atom stereocenters. The van der Waals surface area contributed by atoms with Crippen LogP contribution in [0.2, 0.25) is 0 Å². The summed E-state index contributed by atoms with van der Waals surface area (Å²) in [6.45, 7) is 8.88. The number of carbonyl (C=O) groups is 1. The molecule has 0 aromatic heterocycles. The van der Waals surface area contributed by atoms with Crippen molar-refractivity contribution in [1.82, 2.24) is 0 Å². The van der Waals surface area contributed by atoms with E-state index in [2.05, 4.69) is 0 Å². The maximum Gasteiger partial charge on any atom is 0.491 e. The molecular weight excluding hydrogens is 390 g/mol. The lowest BCUT2D eigenvalue weighted by atomic mass is 9.78. The molecule has 1 aromatic rings. The van der Waals surface area contributed by atoms with Crippen LogP contribution in [-0.4, -0.2) is 29.2 Å². The van der Waals surface area contributed by atoms with Crippen LogP contribution in [0.4, 0.5) is 13.2 Å². The first-order chi connectivity index (χ1) is 12.8. The molecule has 1 aliphatic heterocycles. The third-order valence-electron chi connectivity index (χ3n) is 4.82. The van der Waals surface area contributed by atoms with Crippen LogP contribution in [0, 0.1) is 11.3 Å². The van der Waals surface area contributed by atoms with Crippen molar-refractivity contribution in [2.24, 2.45) is 0 Å². The predicted molar refractivity (Wildman–Crippen MR) is 103 cm³/mol. The molecular formula is C19H21BF3NO3S. The summed E-state index contributed by atoms with van der Waals surface area (Å²) in [5.74, 6) is 0.216. The second-order valence-electron chi connectivity index (χ2n) is 7.50. The summed E-state index contributed by atoms with van der Waals surface area (Å²) in [6.07, 6.45) is -3.12. The topological polar surface area (TPSA) is 59.3 Å². The van der Waals surface area contributed by atoms with Crippen LogP contribution < -0.4 is 0 Å². The number of hydrogen-bond acceptors (Lipinski definition) is 5. The zero-order chi connectivity index (χ0) is 21.3. The standard InChI is InChI=1S/C19H21BF3NO3S/c1-12(25)28-11-15(20-26-17(2,3)18(4,5)27-20)8-13-6-7-14(10-24)16(9-13)19(21,22)23/h6-9H,11H2,1-5H3. The van der Waals surface area contributed by atoms with E-state index in [-0.39, 0.29) is 16.4 Å². The molecule has 4 nitrogen and oxygen atoms in total. The van der Waals surface area contributed by atoms with Crippen LogP contribution in [-0.2, 0) is 20.3 Å². The first-order valence-electron chi connectivity index (χ1n) is 8.57. The van der Waals surface area contributed by atoms with E-state index in [0.29, 0.717) is 5.47 Å². The molecule has 0 bridgehead atoms.